The molecule has 32 heavy (non-hydrogen) atoms. The number of nitrogens with zero attached hydrogens (tertiary/aromatic N) is 1. The molecule has 168 valence electrons. The van der Waals surface area contributed by atoms with Crippen LogP contribution in [0.2, 0.25) is 0 Å². The minimum absolute atomic E-state index is 0.0578. The second-order valence-electron chi connectivity index (χ2n) is 6.92. The van der Waals surface area contributed by atoms with Crippen molar-refractivity contribution in [2.24, 2.45) is 0 Å². The molecule has 0 bridgehead atoms. The van der Waals surface area contributed by atoms with E-state index in [1.54, 1.807) is 36.4 Å². The third-order valence-electron chi connectivity index (χ3n) is 4.50. The van der Waals surface area contributed by atoms with Gasteiger partial charge in [0.25, 0.3) is 0 Å². The zero-order valence-corrected chi connectivity index (χ0v) is 17.6. The van der Waals surface area contributed by atoms with Gasteiger partial charge in [0.2, 0.25) is 5.91 Å². The van der Waals surface area contributed by atoms with E-state index in [-0.39, 0.29) is 26.0 Å². The number of carbonyl (C=O) groups excluding carboxylic acids is 3. The lowest BCUT2D eigenvalue weighted by atomic mass is 10.0. The van der Waals surface area contributed by atoms with Gasteiger partial charge >= 0.3 is 12.1 Å². The number of nitriles is 1. The number of amides is 2. The minimum Gasteiger partial charge on any atom is -0.467 e. The van der Waals surface area contributed by atoms with Crippen LogP contribution in [0.25, 0.3) is 0 Å². The molecule has 9 heteroatoms. The number of carbonyl (C=O) groups is 3. The molecular weight excluding hydrogens is 414 g/mol. The van der Waals surface area contributed by atoms with Crippen molar-refractivity contribution < 1.29 is 29.0 Å². The van der Waals surface area contributed by atoms with Gasteiger partial charge in [0, 0.05) is 13.0 Å². The summed E-state index contributed by atoms with van der Waals surface area (Å²) in [6, 6.07) is 16.8. The first kappa shape index (κ1) is 24.4. The van der Waals surface area contributed by atoms with Crippen LogP contribution in [0.5, 0.6) is 0 Å². The largest absolute Gasteiger partial charge is 0.467 e. The van der Waals surface area contributed by atoms with Crippen molar-refractivity contribution in [1.82, 2.24) is 10.6 Å². The van der Waals surface area contributed by atoms with Gasteiger partial charge in [-0.3, -0.25) is 4.79 Å². The first-order chi connectivity index (χ1) is 15.4. The summed E-state index contributed by atoms with van der Waals surface area (Å²) in [5.74, 6) is -1.29. The quantitative estimate of drug-likeness (QED) is 0.476. The highest BCUT2D eigenvalue weighted by Crippen LogP contribution is 2.11. The predicted molar refractivity (Wildman–Crippen MR) is 114 cm³/mol. The number of hydrogen-bond donors (Lipinski definition) is 3. The number of methoxy groups -OCH3 is 1. The highest BCUT2D eigenvalue weighted by atomic mass is 16.5. The Kier molecular flexibility index (Phi) is 9.69. The Labute approximate surface area is 186 Å². The van der Waals surface area contributed by atoms with Crippen LogP contribution in [-0.2, 0) is 32.1 Å². The monoisotopic (exact) mass is 439 g/mol. The summed E-state index contributed by atoms with van der Waals surface area (Å²) in [7, 11) is 1.19. The third-order valence-corrected chi connectivity index (χ3v) is 4.50. The SMILES string of the molecule is COC(=O)[C@@H](Cc1ccccc1C#N)NC(=O)C[C@H](O)CNC(=O)OCc1ccccc1. The molecule has 2 amide bonds. The van der Waals surface area contributed by atoms with E-state index in [9.17, 15) is 24.8 Å². The zero-order valence-electron chi connectivity index (χ0n) is 17.6. The maximum absolute atomic E-state index is 12.3. The van der Waals surface area contributed by atoms with Crippen LogP contribution in [0, 0.1) is 11.3 Å². The molecule has 3 N–H and O–H groups in total. The first-order valence-corrected chi connectivity index (χ1v) is 9.90. The Morgan fingerprint density at radius 1 is 1.09 bits per heavy atom. The second kappa shape index (κ2) is 12.7. The third kappa shape index (κ3) is 8.08. The molecule has 0 unspecified atom stereocenters. The normalized spacial score (nSPS) is 12.0. The van der Waals surface area contributed by atoms with Crippen molar-refractivity contribution in [2.45, 2.75) is 31.6 Å². The molecule has 9 nitrogen and oxygen atoms in total. The minimum atomic E-state index is -1.19. The van der Waals surface area contributed by atoms with E-state index in [0.717, 1.165) is 5.56 Å². The topological polar surface area (TPSA) is 138 Å². The van der Waals surface area contributed by atoms with E-state index < -0.39 is 30.1 Å². The molecule has 0 aliphatic heterocycles. The Morgan fingerprint density at radius 2 is 1.78 bits per heavy atom. The zero-order chi connectivity index (χ0) is 23.3. The number of aliphatic hydroxyl groups is 1. The Bertz CT molecular complexity index is 958. The molecule has 0 fully saturated rings. The van der Waals surface area contributed by atoms with E-state index in [4.69, 9.17) is 9.47 Å². The summed E-state index contributed by atoms with van der Waals surface area (Å²) in [4.78, 5) is 36.1. The smallest absolute Gasteiger partial charge is 0.407 e. The fraction of sp³-hybridized carbons (Fsp3) is 0.304. The van der Waals surface area contributed by atoms with E-state index in [0.29, 0.717) is 11.1 Å². The Hall–Kier alpha value is -3.90. The molecule has 0 saturated carbocycles. The van der Waals surface area contributed by atoms with Crippen molar-refractivity contribution in [2.75, 3.05) is 13.7 Å². The molecule has 0 saturated heterocycles. The number of esters is 1. The summed E-state index contributed by atoms with van der Waals surface area (Å²) >= 11 is 0. The van der Waals surface area contributed by atoms with E-state index in [1.807, 2.05) is 24.3 Å². The van der Waals surface area contributed by atoms with Gasteiger partial charge in [-0.05, 0) is 17.2 Å². The summed E-state index contributed by atoms with van der Waals surface area (Å²) < 4.78 is 9.77. The molecule has 2 rings (SSSR count). The van der Waals surface area contributed by atoms with Gasteiger partial charge in [0.05, 0.1) is 31.3 Å². The molecule has 0 aliphatic rings. The molecule has 2 aromatic carbocycles. The van der Waals surface area contributed by atoms with Crippen LogP contribution in [0.15, 0.2) is 54.6 Å². The van der Waals surface area contributed by atoms with Crippen LogP contribution in [0.1, 0.15) is 23.1 Å². The number of hydrogen-bond acceptors (Lipinski definition) is 7. The van der Waals surface area contributed by atoms with Gasteiger partial charge in [-0.25, -0.2) is 9.59 Å². The van der Waals surface area contributed by atoms with E-state index >= 15 is 0 Å². The van der Waals surface area contributed by atoms with Gasteiger partial charge in [-0.15, -0.1) is 0 Å². The second-order valence-corrected chi connectivity index (χ2v) is 6.92. The van der Waals surface area contributed by atoms with E-state index in [2.05, 4.69) is 10.6 Å². The maximum Gasteiger partial charge on any atom is 0.407 e. The number of aliphatic hydroxyl groups excluding tert-OH is 1. The van der Waals surface area contributed by atoms with Crippen LogP contribution >= 0.6 is 0 Å². The summed E-state index contributed by atoms with van der Waals surface area (Å²) in [6.07, 6.45) is -2.22. The van der Waals surface area contributed by atoms with Gasteiger partial charge in [0.15, 0.2) is 0 Å². The number of rotatable bonds is 10. The van der Waals surface area contributed by atoms with E-state index in [1.165, 1.54) is 7.11 Å². The Balaban J connectivity index is 1.81. The van der Waals surface area contributed by atoms with Crippen molar-refractivity contribution >= 4 is 18.0 Å². The van der Waals surface area contributed by atoms with Gasteiger partial charge in [0.1, 0.15) is 12.6 Å². The highest BCUT2D eigenvalue weighted by Gasteiger charge is 2.24. The molecule has 2 atom stereocenters. The average molecular weight is 439 g/mol. The van der Waals surface area contributed by atoms with Gasteiger partial charge in [-0.1, -0.05) is 48.5 Å². The lowest BCUT2D eigenvalue weighted by Gasteiger charge is -2.18. The lowest BCUT2D eigenvalue weighted by molar-refractivity contribution is -0.145. The molecule has 0 aliphatic carbocycles. The maximum atomic E-state index is 12.3. The fourth-order valence-electron chi connectivity index (χ4n) is 2.88. The lowest BCUT2D eigenvalue weighted by Crippen LogP contribution is -2.45. The summed E-state index contributed by atoms with van der Waals surface area (Å²) in [6.45, 7) is -0.130. The van der Waals surface area contributed by atoms with Crippen LogP contribution in [-0.4, -0.2) is 48.9 Å². The molecule has 0 spiro atoms. The number of alkyl carbamates (subject to hydrolysis) is 1. The summed E-state index contributed by atoms with van der Waals surface area (Å²) in [5.41, 5.74) is 1.78. The van der Waals surface area contributed by atoms with Crippen LogP contribution in [0.4, 0.5) is 4.79 Å². The Morgan fingerprint density at radius 3 is 2.47 bits per heavy atom. The predicted octanol–water partition coefficient (Wildman–Crippen LogP) is 1.44. The number of ether oxygens (including phenoxy) is 2. The molecular formula is C23H25N3O6. The fourth-order valence-corrected chi connectivity index (χ4v) is 2.88. The number of benzene rings is 2. The van der Waals surface area contributed by atoms with Crippen molar-refractivity contribution in [3.05, 3.63) is 71.3 Å². The number of nitrogens with one attached hydrogen (secondary N) is 2. The average Bonchev–Trinajstić information content (AvgIpc) is 2.81. The molecule has 0 heterocycles. The summed E-state index contributed by atoms with van der Waals surface area (Å²) in [5, 5.41) is 24.1. The van der Waals surface area contributed by atoms with Crippen molar-refractivity contribution in [3.63, 3.8) is 0 Å². The first-order valence-electron chi connectivity index (χ1n) is 9.90. The standard InChI is InChI=1S/C23H25N3O6/c1-31-22(29)20(11-17-9-5-6-10-18(17)13-24)26-21(28)12-19(27)14-25-23(30)32-15-16-7-3-2-4-8-16/h2-10,19-20,27H,11-12,14-15H2,1H3,(H,25,30)(H,26,28)/t19-,20+/m0/s1. The molecule has 0 aromatic heterocycles. The molecule has 2 aromatic rings. The molecule has 0 radical (unpaired) electrons. The van der Waals surface area contributed by atoms with Crippen molar-refractivity contribution in [1.29, 1.82) is 5.26 Å². The van der Waals surface area contributed by atoms with Crippen LogP contribution < -0.4 is 10.6 Å². The van der Waals surface area contributed by atoms with Gasteiger partial charge in [-0.2, -0.15) is 5.26 Å². The highest BCUT2D eigenvalue weighted by molar-refractivity contribution is 5.85. The van der Waals surface area contributed by atoms with Gasteiger partial charge < -0.3 is 25.2 Å². The van der Waals surface area contributed by atoms with Crippen LogP contribution in [0.3, 0.4) is 0 Å². The van der Waals surface area contributed by atoms with Crippen molar-refractivity contribution in [3.8, 4) is 6.07 Å².